The summed E-state index contributed by atoms with van der Waals surface area (Å²) in [6.45, 7) is 6.69. The Kier molecular flexibility index (Phi) is 5.35. The predicted molar refractivity (Wildman–Crippen MR) is 68.1 cm³/mol. The summed E-state index contributed by atoms with van der Waals surface area (Å²) in [4.78, 5) is 20.9. The molecule has 0 atom stereocenters. The molecule has 0 saturated heterocycles. The normalized spacial score (nSPS) is 10.2. The molecule has 1 heterocycles. The third-order valence-electron chi connectivity index (χ3n) is 2.21. The Labute approximate surface area is 107 Å². The Morgan fingerprint density at radius 1 is 1.44 bits per heavy atom. The molecule has 0 aliphatic carbocycles. The summed E-state index contributed by atoms with van der Waals surface area (Å²) < 4.78 is 5.34. The van der Waals surface area contributed by atoms with Crippen LogP contribution in [0.15, 0.2) is 6.07 Å². The zero-order valence-electron chi connectivity index (χ0n) is 11.0. The van der Waals surface area contributed by atoms with E-state index in [-0.39, 0.29) is 6.54 Å². The number of aromatic nitrogens is 2. The van der Waals surface area contributed by atoms with Crippen molar-refractivity contribution in [3.63, 3.8) is 0 Å². The lowest BCUT2D eigenvalue weighted by molar-refractivity contribution is -0.135. The molecule has 1 aromatic rings. The molecule has 0 unspecified atom stereocenters. The van der Waals surface area contributed by atoms with Crippen LogP contribution in [0.5, 0.6) is 5.88 Å². The number of carboxylic acids is 1. The van der Waals surface area contributed by atoms with Gasteiger partial charge in [0.1, 0.15) is 6.54 Å². The molecule has 0 fully saturated rings. The zero-order chi connectivity index (χ0) is 13.5. The number of aliphatic carboxylic acids is 1. The first-order valence-electron chi connectivity index (χ1n) is 6.02. The number of ether oxygens (including phenoxy) is 1. The number of rotatable bonds is 7. The second-order valence-electron chi connectivity index (χ2n) is 3.90. The van der Waals surface area contributed by atoms with Gasteiger partial charge in [0.25, 0.3) is 0 Å². The van der Waals surface area contributed by atoms with Crippen LogP contribution in [0, 0.1) is 6.92 Å². The van der Waals surface area contributed by atoms with E-state index in [2.05, 4.69) is 9.97 Å². The smallest absolute Gasteiger partial charge is 0.323 e. The third kappa shape index (κ3) is 4.20. The largest absolute Gasteiger partial charge is 0.480 e. The number of hydrogen-bond donors (Lipinski definition) is 1. The van der Waals surface area contributed by atoms with Crippen molar-refractivity contribution in [3.8, 4) is 5.88 Å². The lowest BCUT2D eigenvalue weighted by Gasteiger charge is -2.20. The monoisotopic (exact) mass is 253 g/mol. The molecule has 0 saturated carbocycles. The van der Waals surface area contributed by atoms with E-state index in [0.29, 0.717) is 25.0 Å². The molecular weight excluding hydrogens is 234 g/mol. The van der Waals surface area contributed by atoms with E-state index in [0.717, 1.165) is 12.1 Å². The van der Waals surface area contributed by atoms with Crippen LogP contribution in [0.1, 0.15) is 26.0 Å². The lowest BCUT2D eigenvalue weighted by Crippen LogP contribution is -2.32. The number of carboxylic acid groups (broad SMARTS) is 1. The molecule has 6 nitrogen and oxygen atoms in total. The van der Waals surface area contributed by atoms with Gasteiger partial charge in [-0.25, -0.2) is 4.98 Å². The molecule has 0 spiro atoms. The quantitative estimate of drug-likeness (QED) is 0.793. The third-order valence-corrected chi connectivity index (χ3v) is 2.21. The van der Waals surface area contributed by atoms with Crippen molar-refractivity contribution in [2.24, 2.45) is 0 Å². The summed E-state index contributed by atoms with van der Waals surface area (Å²) in [5, 5.41) is 8.89. The summed E-state index contributed by atoms with van der Waals surface area (Å²) >= 11 is 0. The van der Waals surface area contributed by atoms with Gasteiger partial charge in [-0.2, -0.15) is 4.98 Å². The summed E-state index contributed by atoms with van der Waals surface area (Å²) in [6.07, 6.45) is 0.828. The fourth-order valence-corrected chi connectivity index (χ4v) is 1.57. The molecule has 0 amide bonds. The van der Waals surface area contributed by atoms with Crippen molar-refractivity contribution >= 4 is 11.9 Å². The number of anilines is 1. The van der Waals surface area contributed by atoms with E-state index in [1.807, 2.05) is 20.8 Å². The summed E-state index contributed by atoms with van der Waals surface area (Å²) in [5.41, 5.74) is 0.759. The second kappa shape index (κ2) is 6.78. The topological polar surface area (TPSA) is 75.6 Å². The van der Waals surface area contributed by atoms with Crippen molar-refractivity contribution in [1.29, 1.82) is 0 Å². The minimum Gasteiger partial charge on any atom is -0.480 e. The maximum Gasteiger partial charge on any atom is 0.323 e. The van der Waals surface area contributed by atoms with Gasteiger partial charge in [0, 0.05) is 18.3 Å². The van der Waals surface area contributed by atoms with Crippen LogP contribution in [0.25, 0.3) is 0 Å². The molecule has 0 aromatic carbocycles. The molecule has 0 aliphatic rings. The average molecular weight is 253 g/mol. The molecule has 0 aliphatic heterocycles. The molecule has 18 heavy (non-hydrogen) atoms. The summed E-state index contributed by atoms with van der Waals surface area (Å²) in [5.74, 6) is -0.0132. The number of nitrogens with zero attached hydrogens (tertiary/aromatic N) is 3. The van der Waals surface area contributed by atoms with Crippen LogP contribution in [0.2, 0.25) is 0 Å². The highest BCUT2D eigenvalue weighted by Crippen LogP contribution is 2.15. The van der Waals surface area contributed by atoms with Crippen LogP contribution < -0.4 is 9.64 Å². The molecule has 0 radical (unpaired) electrons. The minimum absolute atomic E-state index is 0.108. The zero-order valence-corrected chi connectivity index (χ0v) is 11.0. The Hall–Kier alpha value is -1.85. The van der Waals surface area contributed by atoms with Crippen molar-refractivity contribution in [3.05, 3.63) is 11.8 Å². The maximum atomic E-state index is 10.8. The van der Waals surface area contributed by atoms with Crippen LogP contribution in [0.4, 0.5) is 5.95 Å². The fourth-order valence-electron chi connectivity index (χ4n) is 1.57. The molecule has 1 N–H and O–H groups in total. The Bertz CT molecular complexity index is 410. The number of carbonyl (C=O) groups is 1. The molecular formula is C12H19N3O3. The second-order valence-corrected chi connectivity index (χ2v) is 3.90. The van der Waals surface area contributed by atoms with E-state index in [1.165, 1.54) is 0 Å². The van der Waals surface area contributed by atoms with Crippen LogP contribution >= 0.6 is 0 Å². The van der Waals surface area contributed by atoms with Gasteiger partial charge in [0.15, 0.2) is 0 Å². The first-order valence-corrected chi connectivity index (χ1v) is 6.02. The van der Waals surface area contributed by atoms with Gasteiger partial charge in [0.05, 0.1) is 6.61 Å². The van der Waals surface area contributed by atoms with E-state index >= 15 is 0 Å². The molecule has 100 valence electrons. The van der Waals surface area contributed by atoms with Gasteiger partial charge >= 0.3 is 5.97 Å². The highest BCUT2D eigenvalue weighted by atomic mass is 16.5. The molecule has 0 bridgehead atoms. The fraction of sp³-hybridized carbons (Fsp3) is 0.583. The van der Waals surface area contributed by atoms with Crippen molar-refractivity contribution < 1.29 is 14.6 Å². The molecule has 1 rings (SSSR count). The first kappa shape index (κ1) is 14.2. The van der Waals surface area contributed by atoms with Gasteiger partial charge < -0.3 is 14.7 Å². The van der Waals surface area contributed by atoms with Crippen molar-refractivity contribution in [1.82, 2.24) is 9.97 Å². The van der Waals surface area contributed by atoms with Gasteiger partial charge in [-0.3, -0.25) is 4.79 Å². The van der Waals surface area contributed by atoms with E-state index in [4.69, 9.17) is 9.84 Å². The summed E-state index contributed by atoms with van der Waals surface area (Å²) in [6, 6.07) is 1.73. The van der Waals surface area contributed by atoms with Gasteiger partial charge in [-0.1, -0.05) is 6.92 Å². The Balaban J connectivity index is 2.98. The van der Waals surface area contributed by atoms with Crippen LogP contribution in [0.3, 0.4) is 0 Å². The first-order chi connectivity index (χ1) is 8.56. The van der Waals surface area contributed by atoms with E-state index in [1.54, 1.807) is 11.0 Å². The average Bonchev–Trinajstić information content (AvgIpc) is 2.27. The standard InChI is InChI=1S/C12H19N3O3/c1-4-6-15(8-11(16)17)12-13-9(3)7-10(14-12)18-5-2/h7H,4-6,8H2,1-3H3,(H,16,17). The minimum atomic E-state index is -0.897. The maximum absolute atomic E-state index is 10.8. The van der Waals surface area contributed by atoms with Crippen molar-refractivity contribution in [2.45, 2.75) is 27.2 Å². The summed E-state index contributed by atoms with van der Waals surface area (Å²) in [7, 11) is 0. The highest BCUT2D eigenvalue weighted by molar-refractivity contribution is 5.72. The predicted octanol–water partition coefficient (Wildman–Crippen LogP) is 1.48. The number of hydrogen-bond acceptors (Lipinski definition) is 5. The Morgan fingerprint density at radius 3 is 2.72 bits per heavy atom. The SMILES string of the molecule is CCCN(CC(=O)O)c1nc(C)cc(OCC)n1. The lowest BCUT2D eigenvalue weighted by atomic mass is 10.4. The van der Waals surface area contributed by atoms with Crippen LogP contribution in [-0.4, -0.2) is 40.7 Å². The van der Waals surface area contributed by atoms with Gasteiger partial charge in [-0.05, 0) is 20.3 Å². The Morgan fingerprint density at radius 2 is 2.17 bits per heavy atom. The van der Waals surface area contributed by atoms with Gasteiger partial charge in [-0.15, -0.1) is 0 Å². The van der Waals surface area contributed by atoms with E-state index < -0.39 is 5.97 Å². The molecule has 1 aromatic heterocycles. The van der Waals surface area contributed by atoms with E-state index in [9.17, 15) is 4.79 Å². The highest BCUT2D eigenvalue weighted by Gasteiger charge is 2.14. The van der Waals surface area contributed by atoms with Gasteiger partial charge in [0.2, 0.25) is 11.8 Å². The van der Waals surface area contributed by atoms with Crippen LogP contribution in [-0.2, 0) is 4.79 Å². The number of aryl methyl sites for hydroxylation is 1. The molecule has 6 heteroatoms. The van der Waals surface area contributed by atoms with Crippen molar-refractivity contribution in [2.75, 3.05) is 24.6 Å².